The summed E-state index contributed by atoms with van der Waals surface area (Å²) in [5.74, 6) is -0.372. The highest BCUT2D eigenvalue weighted by Gasteiger charge is 2.58. The van der Waals surface area contributed by atoms with E-state index in [0.29, 0.717) is 5.92 Å². The molecule has 4 heteroatoms. The van der Waals surface area contributed by atoms with Crippen molar-refractivity contribution in [2.24, 2.45) is 16.7 Å². The third-order valence-corrected chi connectivity index (χ3v) is 8.53. The van der Waals surface area contributed by atoms with Crippen LogP contribution in [0.1, 0.15) is 44.0 Å². The molecule has 1 aliphatic rings. The van der Waals surface area contributed by atoms with Crippen LogP contribution in [0.3, 0.4) is 0 Å². The first-order valence-corrected chi connectivity index (χ1v) is 9.11. The minimum absolute atomic E-state index is 0.180. The summed E-state index contributed by atoms with van der Waals surface area (Å²) in [5.41, 5.74) is 0.306. The normalized spacial score (nSPS) is 30.8. The van der Waals surface area contributed by atoms with E-state index in [0.717, 1.165) is 12.8 Å². The molecule has 1 aromatic rings. The van der Waals surface area contributed by atoms with Gasteiger partial charge in [-0.3, -0.25) is 4.79 Å². The van der Waals surface area contributed by atoms with Crippen LogP contribution in [0.15, 0.2) is 30.3 Å². The molecule has 0 amide bonds. The van der Waals surface area contributed by atoms with E-state index < -0.39 is 11.4 Å². The maximum atomic E-state index is 11.7. The van der Waals surface area contributed by atoms with E-state index in [1.807, 2.05) is 25.1 Å². The van der Waals surface area contributed by atoms with Gasteiger partial charge in [0.05, 0.1) is 10.2 Å². The second-order valence-corrected chi connectivity index (χ2v) is 8.80. The molecule has 1 fully saturated rings. The van der Waals surface area contributed by atoms with Gasteiger partial charge in [0.15, 0.2) is 0 Å². The van der Waals surface area contributed by atoms with Crippen molar-refractivity contribution in [3.8, 4) is 0 Å². The third-order valence-electron chi connectivity index (χ3n) is 5.56. The zero-order valence-electron chi connectivity index (χ0n) is 12.6. The minimum Gasteiger partial charge on any atom is -0.481 e. The summed E-state index contributed by atoms with van der Waals surface area (Å²) >= 11 is 7.64. The zero-order chi connectivity index (χ0) is 15.8. The number of halogens is 2. The molecule has 0 radical (unpaired) electrons. The van der Waals surface area contributed by atoms with E-state index in [2.05, 4.69) is 57.8 Å². The predicted octanol–water partition coefficient (Wildman–Crippen LogP) is 5.41. The van der Waals surface area contributed by atoms with Crippen molar-refractivity contribution in [1.82, 2.24) is 0 Å². The van der Waals surface area contributed by atoms with Crippen LogP contribution in [0.25, 0.3) is 0 Å². The molecule has 1 N–H and O–H groups in total. The Morgan fingerprint density at radius 3 is 2.29 bits per heavy atom. The van der Waals surface area contributed by atoms with Gasteiger partial charge >= 0.3 is 5.97 Å². The van der Waals surface area contributed by atoms with E-state index in [4.69, 9.17) is 0 Å². The molecular weight excluding hydrogens is 396 g/mol. The number of alkyl halides is 2. The van der Waals surface area contributed by atoms with Gasteiger partial charge in [-0.15, -0.1) is 0 Å². The Balaban J connectivity index is 2.25. The average molecular weight is 418 g/mol. The molecule has 21 heavy (non-hydrogen) atoms. The number of rotatable bonds is 4. The van der Waals surface area contributed by atoms with Crippen LogP contribution in [-0.2, 0) is 4.79 Å². The largest absolute Gasteiger partial charge is 0.481 e. The molecule has 0 saturated heterocycles. The van der Waals surface area contributed by atoms with Crippen LogP contribution in [-0.4, -0.2) is 15.9 Å². The minimum atomic E-state index is -0.680. The van der Waals surface area contributed by atoms with Gasteiger partial charge in [0.25, 0.3) is 0 Å². The maximum Gasteiger partial charge on any atom is 0.309 e. The number of benzene rings is 1. The molecule has 4 unspecified atom stereocenters. The third kappa shape index (κ3) is 2.81. The van der Waals surface area contributed by atoms with E-state index >= 15 is 0 Å². The van der Waals surface area contributed by atoms with Crippen molar-refractivity contribution in [3.05, 3.63) is 35.9 Å². The fourth-order valence-corrected chi connectivity index (χ4v) is 5.40. The molecule has 1 aromatic carbocycles. The van der Waals surface area contributed by atoms with Gasteiger partial charge in [-0.1, -0.05) is 76.0 Å². The van der Waals surface area contributed by atoms with Crippen LogP contribution < -0.4 is 0 Å². The highest BCUT2D eigenvalue weighted by molar-refractivity contribution is 9.12. The highest BCUT2D eigenvalue weighted by Crippen LogP contribution is 2.60. The highest BCUT2D eigenvalue weighted by atomic mass is 79.9. The van der Waals surface area contributed by atoms with Gasteiger partial charge in [0.2, 0.25) is 0 Å². The molecule has 0 heterocycles. The molecule has 1 aliphatic carbocycles. The van der Waals surface area contributed by atoms with Crippen molar-refractivity contribution in [3.63, 3.8) is 0 Å². The Kier molecular flexibility index (Phi) is 4.89. The fourth-order valence-electron chi connectivity index (χ4n) is 3.50. The Morgan fingerprint density at radius 1 is 1.24 bits per heavy atom. The zero-order valence-corrected chi connectivity index (χ0v) is 15.8. The summed E-state index contributed by atoms with van der Waals surface area (Å²) in [6.07, 6.45) is 1.66. The molecule has 2 rings (SSSR count). The second-order valence-electron chi connectivity index (χ2n) is 6.76. The number of carbonyl (C=O) groups is 1. The molecule has 1 saturated carbocycles. The lowest BCUT2D eigenvalue weighted by atomic mass is 9.65. The summed E-state index contributed by atoms with van der Waals surface area (Å²) in [6, 6.07) is 10.3. The average Bonchev–Trinajstić information content (AvgIpc) is 2.70. The standard InChI is InChI=1S/C17H22Br2O2/c1-16(2)12(9-10-17(16,3)15(20)21)14(19)13(18)11-7-5-4-6-8-11/h4-8,12-14H,9-10H2,1-3H3,(H,20,21). The van der Waals surface area contributed by atoms with Crippen molar-refractivity contribution in [2.45, 2.75) is 43.3 Å². The lowest BCUT2D eigenvalue weighted by Crippen LogP contribution is -2.43. The quantitative estimate of drug-likeness (QED) is 0.664. The first-order valence-electron chi connectivity index (χ1n) is 7.28. The molecule has 0 aliphatic heterocycles. The second kappa shape index (κ2) is 6.04. The molecule has 0 spiro atoms. The lowest BCUT2D eigenvalue weighted by molar-refractivity contribution is -0.154. The number of carboxylic acids is 1. The molecule has 116 valence electrons. The van der Waals surface area contributed by atoms with Gasteiger partial charge in [0.1, 0.15) is 0 Å². The van der Waals surface area contributed by atoms with E-state index in [1.165, 1.54) is 5.56 Å². The molecule has 0 bridgehead atoms. The summed E-state index contributed by atoms with van der Waals surface area (Å²) in [7, 11) is 0. The lowest BCUT2D eigenvalue weighted by Gasteiger charge is -2.41. The maximum absolute atomic E-state index is 11.7. The van der Waals surface area contributed by atoms with Crippen LogP contribution >= 0.6 is 31.9 Å². The fraction of sp³-hybridized carbons (Fsp3) is 0.588. The van der Waals surface area contributed by atoms with Crippen LogP contribution in [0, 0.1) is 16.7 Å². The van der Waals surface area contributed by atoms with E-state index in [9.17, 15) is 9.90 Å². The van der Waals surface area contributed by atoms with Crippen molar-refractivity contribution < 1.29 is 9.90 Å². The smallest absolute Gasteiger partial charge is 0.309 e. The summed E-state index contributed by atoms with van der Waals surface area (Å²) in [6.45, 7) is 6.08. The molecular formula is C17H22Br2O2. The predicted molar refractivity (Wildman–Crippen MR) is 93.1 cm³/mol. The van der Waals surface area contributed by atoms with Crippen LogP contribution in [0.2, 0.25) is 0 Å². The summed E-state index contributed by atoms with van der Waals surface area (Å²) < 4.78 is 0. The van der Waals surface area contributed by atoms with Crippen molar-refractivity contribution in [1.29, 1.82) is 0 Å². The summed E-state index contributed by atoms with van der Waals surface area (Å²) in [4.78, 5) is 12.1. The van der Waals surface area contributed by atoms with Crippen LogP contribution in [0.4, 0.5) is 0 Å². The number of carboxylic acid groups (broad SMARTS) is 1. The number of aliphatic carboxylic acids is 1. The van der Waals surface area contributed by atoms with Crippen molar-refractivity contribution in [2.75, 3.05) is 0 Å². The van der Waals surface area contributed by atoms with Gasteiger partial charge < -0.3 is 5.11 Å². The first kappa shape index (κ1) is 17.0. The molecule has 2 nitrogen and oxygen atoms in total. The Bertz CT molecular complexity index is 515. The monoisotopic (exact) mass is 416 g/mol. The van der Waals surface area contributed by atoms with Gasteiger partial charge in [-0.05, 0) is 36.7 Å². The SMILES string of the molecule is CC1(C(=O)O)CCC(C(Br)C(Br)c2ccccc2)C1(C)C. The van der Waals surface area contributed by atoms with Crippen LogP contribution in [0.5, 0.6) is 0 Å². The number of hydrogen-bond donors (Lipinski definition) is 1. The Hall–Kier alpha value is -0.350. The van der Waals surface area contributed by atoms with E-state index in [-0.39, 0.29) is 15.1 Å². The van der Waals surface area contributed by atoms with Gasteiger partial charge in [0, 0.05) is 4.83 Å². The number of hydrogen-bond acceptors (Lipinski definition) is 1. The summed E-state index contributed by atoms with van der Waals surface area (Å²) in [5, 5.41) is 9.64. The topological polar surface area (TPSA) is 37.3 Å². The first-order chi connectivity index (χ1) is 9.72. The van der Waals surface area contributed by atoms with E-state index in [1.54, 1.807) is 0 Å². The molecule has 0 aromatic heterocycles. The van der Waals surface area contributed by atoms with Gasteiger partial charge in [-0.25, -0.2) is 0 Å². The Labute approximate surface area is 143 Å². The van der Waals surface area contributed by atoms with Gasteiger partial charge in [-0.2, -0.15) is 0 Å². The Morgan fingerprint density at radius 2 is 1.81 bits per heavy atom. The molecule has 4 atom stereocenters. The van der Waals surface area contributed by atoms with Crippen molar-refractivity contribution >= 4 is 37.8 Å².